The van der Waals surface area contributed by atoms with E-state index in [1.807, 2.05) is 24.3 Å². The second kappa shape index (κ2) is 11.3. The topological polar surface area (TPSA) is 38.7 Å². The van der Waals surface area contributed by atoms with E-state index in [1.165, 1.54) is 31.6 Å². The summed E-state index contributed by atoms with van der Waals surface area (Å²) in [6.07, 6.45) is 1.45. The molecule has 0 radical (unpaired) electrons. The summed E-state index contributed by atoms with van der Waals surface area (Å²) in [5.74, 6) is -1.87. The summed E-state index contributed by atoms with van der Waals surface area (Å²) in [6, 6.07) is 44.1. The van der Waals surface area contributed by atoms with Gasteiger partial charge in [0.15, 0.2) is 0 Å². The molecule has 214 valence electrons. The number of fused-ring (bicyclic) bond motifs is 3. The Morgan fingerprint density at radius 2 is 1.18 bits per heavy atom. The molecule has 8 aromatic rings. The van der Waals surface area contributed by atoms with Crippen molar-refractivity contribution in [2.24, 2.45) is 0 Å². The standard InChI is InChI=1S/C39H23F2N3Se/c40-33-19-10-18-29(38(33)41)32-23-42-44-43-39(32)30-16-7-6-15-27(30)36-28(21-22-35-37(36)31-17-8-9-20-34(31)45-35)26-14-5-4-13-25(26)24-11-2-1-3-12-24/h1-23H. The van der Waals surface area contributed by atoms with Gasteiger partial charge in [0, 0.05) is 0 Å². The molecular weight excluding hydrogens is 627 g/mol. The van der Waals surface area contributed by atoms with Crippen molar-refractivity contribution < 1.29 is 8.78 Å². The average molecular weight is 651 g/mol. The van der Waals surface area contributed by atoms with Crippen molar-refractivity contribution in [2.75, 3.05) is 0 Å². The van der Waals surface area contributed by atoms with Crippen molar-refractivity contribution >= 4 is 33.8 Å². The van der Waals surface area contributed by atoms with Crippen LogP contribution in [-0.2, 0) is 0 Å². The SMILES string of the molecule is Fc1cccc(-c2cnnnc2-c2ccccc2-c2c(-c3ccccc3-c3ccccc3)ccc3[se]c4ccccc4c23)c1F. The summed E-state index contributed by atoms with van der Waals surface area (Å²) in [6.45, 7) is 0. The number of halogens is 2. The van der Waals surface area contributed by atoms with Crippen LogP contribution in [0.3, 0.4) is 0 Å². The molecule has 2 heterocycles. The summed E-state index contributed by atoms with van der Waals surface area (Å²) < 4.78 is 32.2. The van der Waals surface area contributed by atoms with E-state index < -0.39 is 11.6 Å². The van der Waals surface area contributed by atoms with E-state index in [2.05, 4.69) is 106 Å². The van der Waals surface area contributed by atoms with E-state index in [0.717, 1.165) is 45.0 Å². The molecule has 0 N–H and O–H groups in total. The third kappa shape index (κ3) is 4.67. The Balaban J connectivity index is 1.48. The second-order valence-corrected chi connectivity index (χ2v) is 13.0. The maximum atomic E-state index is 15.2. The molecule has 0 aliphatic heterocycles. The van der Waals surface area contributed by atoms with Crippen molar-refractivity contribution in [3.05, 3.63) is 151 Å². The van der Waals surface area contributed by atoms with Gasteiger partial charge in [-0.1, -0.05) is 0 Å². The molecule has 0 saturated heterocycles. The molecule has 45 heavy (non-hydrogen) atoms. The predicted octanol–water partition coefficient (Wildman–Crippen LogP) is 9.85. The third-order valence-electron chi connectivity index (χ3n) is 8.18. The van der Waals surface area contributed by atoms with Gasteiger partial charge in [-0.3, -0.25) is 0 Å². The van der Waals surface area contributed by atoms with Crippen LogP contribution in [0, 0.1) is 11.6 Å². The average Bonchev–Trinajstić information content (AvgIpc) is 3.48. The first-order valence-corrected chi connectivity index (χ1v) is 16.2. The van der Waals surface area contributed by atoms with Crippen LogP contribution < -0.4 is 0 Å². The Hall–Kier alpha value is -5.29. The molecule has 0 aliphatic carbocycles. The number of rotatable bonds is 5. The van der Waals surface area contributed by atoms with Crippen LogP contribution in [0.5, 0.6) is 0 Å². The van der Waals surface area contributed by atoms with Crippen LogP contribution in [-0.4, -0.2) is 29.9 Å². The van der Waals surface area contributed by atoms with Gasteiger partial charge in [0.05, 0.1) is 0 Å². The quantitative estimate of drug-likeness (QED) is 0.174. The van der Waals surface area contributed by atoms with Crippen LogP contribution in [0.25, 0.3) is 75.1 Å². The monoisotopic (exact) mass is 651 g/mol. The fourth-order valence-corrected chi connectivity index (χ4v) is 8.53. The minimum atomic E-state index is -0.944. The number of hydrogen-bond donors (Lipinski definition) is 0. The van der Waals surface area contributed by atoms with Gasteiger partial charge in [0.1, 0.15) is 0 Å². The first-order chi connectivity index (χ1) is 22.2. The number of benzene rings is 6. The van der Waals surface area contributed by atoms with Gasteiger partial charge < -0.3 is 0 Å². The Bertz CT molecular complexity index is 2370. The predicted molar refractivity (Wildman–Crippen MR) is 179 cm³/mol. The minimum absolute atomic E-state index is 0.0869. The Kier molecular flexibility index (Phi) is 6.87. The normalized spacial score (nSPS) is 11.3. The molecule has 0 fully saturated rings. The van der Waals surface area contributed by atoms with Crippen molar-refractivity contribution in [2.45, 2.75) is 0 Å². The molecule has 3 nitrogen and oxygen atoms in total. The molecule has 0 aliphatic rings. The molecule has 0 saturated carbocycles. The van der Waals surface area contributed by atoms with Crippen LogP contribution in [0.15, 0.2) is 140 Å². The summed E-state index contributed by atoms with van der Waals surface area (Å²) in [5.41, 5.74) is 8.08. The first-order valence-electron chi connectivity index (χ1n) is 14.5. The van der Waals surface area contributed by atoms with E-state index >= 15 is 4.39 Å². The Labute approximate surface area is 264 Å². The van der Waals surface area contributed by atoms with E-state index in [-0.39, 0.29) is 20.1 Å². The molecule has 0 bridgehead atoms. The van der Waals surface area contributed by atoms with Gasteiger partial charge in [-0.05, 0) is 0 Å². The van der Waals surface area contributed by atoms with Crippen molar-refractivity contribution in [1.82, 2.24) is 15.4 Å². The molecule has 6 aromatic carbocycles. The van der Waals surface area contributed by atoms with Gasteiger partial charge >= 0.3 is 265 Å². The number of nitrogens with zero attached hydrogens (tertiary/aromatic N) is 3. The molecular formula is C39H23F2N3Se. The fourth-order valence-electron chi connectivity index (χ4n) is 6.19. The van der Waals surface area contributed by atoms with Gasteiger partial charge in [-0.15, -0.1) is 0 Å². The van der Waals surface area contributed by atoms with Gasteiger partial charge in [0.2, 0.25) is 0 Å². The summed E-state index contributed by atoms with van der Waals surface area (Å²) in [7, 11) is 0. The van der Waals surface area contributed by atoms with Crippen molar-refractivity contribution in [3.8, 4) is 55.8 Å². The molecule has 8 rings (SSSR count). The molecule has 0 unspecified atom stereocenters. The van der Waals surface area contributed by atoms with Gasteiger partial charge in [0.25, 0.3) is 0 Å². The van der Waals surface area contributed by atoms with Crippen molar-refractivity contribution in [1.29, 1.82) is 0 Å². The molecule has 0 spiro atoms. The third-order valence-corrected chi connectivity index (χ3v) is 10.6. The summed E-state index contributed by atoms with van der Waals surface area (Å²) in [4.78, 5) is 0. The van der Waals surface area contributed by atoms with E-state index in [1.54, 1.807) is 6.07 Å². The number of aromatic nitrogens is 3. The van der Waals surface area contributed by atoms with E-state index in [0.29, 0.717) is 11.3 Å². The molecule has 6 heteroatoms. The molecule has 0 amide bonds. The van der Waals surface area contributed by atoms with Crippen LogP contribution >= 0.6 is 0 Å². The zero-order chi connectivity index (χ0) is 30.3. The zero-order valence-corrected chi connectivity index (χ0v) is 25.5. The summed E-state index contributed by atoms with van der Waals surface area (Å²) >= 11 is 0.138. The van der Waals surface area contributed by atoms with E-state index in [4.69, 9.17) is 0 Å². The second-order valence-electron chi connectivity index (χ2n) is 10.7. The summed E-state index contributed by atoms with van der Waals surface area (Å²) in [5, 5.41) is 14.8. The van der Waals surface area contributed by atoms with Crippen molar-refractivity contribution in [3.63, 3.8) is 0 Å². The van der Waals surface area contributed by atoms with Gasteiger partial charge in [-0.25, -0.2) is 0 Å². The van der Waals surface area contributed by atoms with E-state index in [9.17, 15) is 4.39 Å². The Morgan fingerprint density at radius 1 is 0.489 bits per heavy atom. The van der Waals surface area contributed by atoms with Gasteiger partial charge in [-0.2, -0.15) is 0 Å². The molecule has 0 atom stereocenters. The molecule has 2 aromatic heterocycles. The van der Waals surface area contributed by atoms with Crippen LogP contribution in [0.4, 0.5) is 8.78 Å². The maximum absolute atomic E-state index is 15.2. The zero-order valence-electron chi connectivity index (χ0n) is 23.8. The first kappa shape index (κ1) is 27.3. The fraction of sp³-hybridized carbons (Fsp3) is 0. The Morgan fingerprint density at radius 3 is 2.02 bits per heavy atom. The van der Waals surface area contributed by atoms with Crippen LogP contribution in [0.2, 0.25) is 0 Å². The number of hydrogen-bond acceptors (Lipinski definition) is 3. The van der Waals surface area contributed by atoms with Crippen LogP contribution in [0.1, 0.15) is 0 Å².